The first-order chi connectivity index (χ1) is 9.54. The van der Waals surface area contributed by atoms with Gasteiger partial charge in [-0.25, -0.2) is 0 Å². The zero-order valence-electron chi connectivity index (χ0n) is 12.0. The molecule has 0 saturated carbocycles. The van der Waals surface area contributed by atoms with Gasteiger partial charge in [0.1, 0.15) is 5.69 Å². The molecule has 0 fully saturated rings. The molecule has 2 heterocycles. The highest BCUT2D eigenvalue weighted by Gasteiger charge is 2.22. The third kappa shape index (κ3) is 3.15. The summed E-state index contributed by atoms with van der Waals surface area (Å²) in [6.07, 6.45) is 2.98. The molecule has 0 spiro atoms. The maximum absolute atomic E-state index is 12.7. The second-order valence-corrected chi connectivity index (χ2v) is 6.74. The smallest absolute Gasteiger partial charge is 0.270 e. The third-order valence-corrected chi connectivity index (χ3v) is 4.88. The average Bonchev–Trinajstić information content (AvgIpc) is 3.06. The van der Waals surface area contributed by atoms with Crippen LogP contribution in [0.5, 0.6) is 0 Å². The van der Waals surface area contributed by atoms with Crippen LogP contribution in [-0.2, 0) is 6.54 Å². The zero-order valence-corrected chi connectivity index (χ0v) is 14.4. The van der Waals surface area contributed by atoms with Gasteiger partial charge in [0.05, 0.1) is 6.04 Å². The van der Waals surface area contributed by atoms with Crippen LogP contribution in [0, 0.1) is 0 Å². The lowest BCUT2D eigenvalue weighted by Gasteiger charge is -2.24. The van der Waals surface area contributed by atoms with Crippen LogP contribution in [0.1, 0.15) is 41.7 Å². The lowest BCUT2D eigenvalue weighted by atomic mass is 10.2. The standard InChI is InChI=1S/C15H19BrN2OS/c1-4-7-18-10-12(16)9-13(18)15(19)17(3)11(2)14-6-5-8-20-14/h5-6,8-11H,4,7H2,1-3H3. The number of thiophene rings is 1. The van der Waals surface area contributed by atoms with Gasteiger partial charge in [-0.15, -0.1) is 11.3 Å². The number of carbonyl (C=O) groups excluding carboxylic acids is 1. The monoisotopic (exact) mass is 354 g/mol. The molecule has 0 saturated heterocycles. The van der Waals surface area contributed by atoms with E-state index in [1.165, 1.54) is 4.88 Å². The molecule has 0 radical (unpaired) electrons. The van der Waals surface area contributed by atoms with E-state index in [0.717, 1.165) is 23.1 Å². The summed E-state index contributed by atoms with van der Waals surface area (Å²) in [4.78, 5) is 15.7. The molecular formula is C15H19BrN2OS. The SMILES string of the molecule is CCCn1cc(Br)cc1C(=O)N(C)C(C)c1cccs1. The molecule has 2 aromatic heterocycles. The van der Waals surface area contributed by atoms with Gasteiger partial charge in [-0.05, 0) is 46.8 Å². The molecule has 2 aromatic rings. The second kappa shape index (κ2) is 6.59. The van der Waals surface area contributed by atoms with Crippen molar-refractivity contribution in [3.8, 4) is 0 Å². The summed E-state index contributed by atoms with van der Waals surface area (Å²) < 4.78 is 2.97. The predicted octanol–water partition coefficient (Wildman–Crippen LogP) is 4.56. The molecule has 108 valence electrons. The first-order valence-corrected chi connectivity index (χ1v) is 8.38. The summed E-state index contributed by atoms with van der Waals surface area (Å²) in [6, 6.07) is 6.08. The van der Waals surface area contributed by atoms with Crippen LogP contribution in [0.15, 0.2) is 34.2 Å². The Kier molecular flexibility index (Phi) is 5.05. The highest BCUT2D eigenvalue weighted by Crippen LogP contribution is 2.26. The van der Waals surface area contributed by atoms with Crippen LogP contribution in [0.2, 0.25) is 0 Å². The van der Waals surface area contributed by atoms with Crippen molar-refractivity contribution >= 4 is 33.2 Å². The molecule has 0 aliphatic rings. The van der Waals surface area contributed by atoms with E-state index < -0.39 is 0 Å². The Balaban J connectivity index is 2.22. The Morgan fingerprint density at radius 1 is 1.55 bits per heavy atom. The Morgan fingerprint density at radius 3 is 2.90 bits per heavy atom. The lowest BCUT2D eigenvalue weighted by molar-refractivity contribution is 0.0734. The molecule has 3 nitrogen and oxygen atoms in total. The van der Waals surface area contributed by atoms with E-state index in [1.807, 2.05) is 35.3 Å². The van der Waals surface area contributed by atoms with Gasteiger partial charge in [0.15, 0.2) is 0 Å². The van der Waals surface area contributed by atoms with E-state index in [2.05, 4.69) is 35.8 Å². The number of amides is 1. The van der Waals surface area contributed by atoms with Crippen molar-refractivity contribution in [1.82, 2.24) is 9.47 Å². The Hall–Kier alpha value is -1.07. The van der Waals surface area contributed by atoms with Crippen molar-refractivity contribution in [2.45, 2.75) is 32.9 Å². The maximum Gasteiger partial charge on any atom is 0.270 e. The van der Waals surface area contributed by atoms with Gasteiger partial charge >= 0.3 is 0 Å². The Labute approximate surface area is 132 Å². The minimum Gasteiger partial charge on any atom is -0.342 e. The van der Waals surface area contributed by atoms with E-state index in [-0.39, 0.29) is 11.9 Å². The van der Waals surface area contributed by atoms with Crippen molar-refractivity contribution in [1.29, 1.82) is 0 Å². The minimum absolute atomic E-state index is 0.0602. The van der Waals surface area contributed by atoms with E-state index in [0.29, 0.717) is 0 Å². The van der Waals surface area contributed by atoms with Gasteiger partial charge in [0.25, 0.3) is 5.91 Å². The quantitative estimate of drug-likeness (QED) is 0.772. The molecule has 5 heteroatoms. The number of nitrogens with zero attached hydrogens (tertiary/aromatic N) is 2. The number of halogens is 1. The van der Waals surface area contributed by atoms with Gasteiger partial charge in [0, 0.05) is 29.1 Å². The van der Waals surface area contributed by atoms with Crippen molar-refractivity contribution in [2.75, 3.05) is 7.05 Å². The highest BCUT2D eigenvalue weighted by molar-refractivity contribution is 9.10. The summed E-state index contributed by atoms with van der Waals surface area (Å²) in [5.41, 5.74) is 0.740. The van der Waals surface area contributed by atoms with E-state index in [4.69, 9.17) is 0 Å². The first-order valence-electron chi connectivity index (χ1n) is 6.70. The van der Waals surface area contributed by atoms with Gasteiger partial charge in [-0.1, -0.05) is 13.0 Å². The highest BCUT2D eigenvalue weighted by atomic mass is 79.9. The lowest BCUT2D eigenvalue weighted by Crippen LogP contribution is -2.30. The van der Waals surface area contributed by atoms with E-state index >= 15 is 0 Å². The number of hydrogen-bond donors (Lipinski definition) is 0. The fraction of sp³-hybridized carbons (Fsp3) is 0.400. The van der Waals surface area contributed by atoms with Crippen LogP contribution in [0.4, 0.5) is 0 Å². The zero-order chi connectivity index (χ0) is 14.7. The fourth-order valence-corrected chi connectivity index (χ4v) is 3.45. The van der Waals surface area contributed by atoms with E-state index in [9.17, 15) is 4.79 Å². The molecular weight excluding hydrogens is 336 g/mol. The number of carbonyl (C=O) groups is 1. The van der Waals surface area contributed by atoms with E-state index in [1.54, 1.807) is 16.2 Å². The van der Waals surface area contributed by atoms with Crippen LogP contribution >= 0.6 is 27.3 Å². The molecule has 1 atom stereocenters. The summed E-state index contributed by atoms with van der Waals surface area (Å²) in [5.74, 6) is 0.0602. The number of aryl methyl sites for hydroxylation is 1. The molecule has 1 unspecified atom stereocenters. The number of hydrogen-bond acceptors (Lipinski definition) is 2. The predicted molar refractivity (Wildman–Crippen MR) is 87.3 cm³/mol. The number of rotatable bonds is 5. The Bertz CT molecular complexity index is 577. The van der Waals surface area contributed by atoms with Crippen LogP contribution in [-0.4, -0.2) is 22.4 Å². The summed E-state index contributed by atoms with van der Waals surface area (Å²) in [5, 5.41) is 2.04. The van der Waals surface area contributed by atoms with Crippen molar-refractivity contribution < 1.29 is 4.79 Å². The summed E-state index contributed by atoms with van der Waals surface area (Å²) >= 11 is 5.14. The van der Waals surface area contributed by atoms with Crippen LogP contribution < -0.4 is 0 Å². The van der Waals surface area contributed by atoms with Crippen molar-refractivity contribution in [3.63, 3.8) is 0 Å². The molecule has 0 aliphatic carbocycles. The topological polar surface area (TPSA) is 25.2 Å². The molecule has 1 amide bonds. The first kappa shape index (κ1) is 15.3. The van der Waals surface area contributed by atoms with Gasteiger partial charge in [0.2, 0.25) is 0 Å². The van der Waals surface area contributed by atoms with Crippen molar-refractivity contribution in [2.24, 2.45) is 0 Å². The molecule has 0 N–H and O–H groups in total. The molecule has 0 bridgehead atoms. The number of aromatic nitrogens is 1. The minimum atomic E-state index is 0.0602. The van der Waals surface area contributed by atoms with Gasteiger partial charge in [-0.3, -0.25) is 4.79 Å². The van der Waals surface area contributed by atoms with Gasteiger partial charge in [-0.2, -0.15) is 0 Å². The maximum atomic E-state index is 12.7. The molecule has 0 aliphatic heterocycles. The average molecular weight is 355 g/mol. The Morgan fingerprint density at radius 2 is 2.30 bits per heavy atom. The fourth-order valence-electron chi connectivity index (χ4n) is 2.16. The van der Waals surface area contributed by atoms with Crippen LogP contribution in [0.25, 0.3) is 0 Å². The molecule has 0 aromatic carbocycles. The summed E-state index contributed by atoms with van der Waals surface area (Å²) in [7, 11) is 1.86. The van der Waals surface area contributed by atoms with Gasteiger partial charge < -0.3 is 9.47 Å². The van der Waals surface area contributed by atoms with Crippen molar-refractivity contribution in [3.05, 3.63) is 44.8 Å². The third-order valence-electron chi connectivity index (χ3n) is 3.40. The molecule has 20 heavy (non-hydrogen) atoms. The van der Waals surface area contributed by atoms with Crippen LogP contribution in [0.3, 0.4) is 0 Å². The molecule has 2 rings (SSSR count). The largest absolute Gasteiger partial charge is 0.342 e. The second-order valence-electron chi connectivity index (χ2n) is 4.84. The summed E-state index contributed by atoms with van der Waals surface area (Å²) in [6.45, 7) is 5.03. The normalized spacial score (nSPS) is 12.4.